The van der Waals surface area contributed by atoms with Crippen LogP contribution in [-0.4, -0.2) is 15.9 Å². The Hall–Kier alpha value is -3.15. The summed E-state index contributed by atoms with van der Waals surface area (Å²) >= 11 is 0. The summed E-state index contributed by atoms with van der Waals surface area (Å²) in [5.41, 5.74) is 2.50. The van der Waals surface area contributed by atoms with Crippen LogP contribution in [0.5, 0.6) is 0 Å². The summed E-state index contributed by atoms with van der Waals surface area (Å²) in [5, 5.41) is 5.93. The van der Waals surface area contributed by atoms with E-state index in [-0.39, 0.29) is 11.6 Å². The number of furan rings is 1. The molecule has 6 heteroatoms. The molecule has 3 rings (SSSR count). The van der Waals surface area contributed by atoms with E-state index in [4.69, 9.17) is 4.42 Å². The van der Waals surface area contributed by atoms with E-state index < -0.39 is 0 Å². The Kier molecular flexibility index (Phi) is 4.86. The first-order valence-corrected chi connectivity index (χ1v) is 7.63. The number of rotatable bonds is 6. The van der Waals surface area contributed by atoms with E-state index >= 15 is 0 Å². The highest BCUT2D eigenvalue weighted by Crippen LogP contribution is 2.08. The van der Waals surface area contributed by atoms with Gasteiger partial charge in [0, 0.05) is 6.54 Å². The molecular weight excluding hydrogens is 304 g/mol. The molecule has 2 heterocycles. The lowest BCUT2D eigenvalue weighted by Crippen LogP contribution is -2.24. The quantitative estimate of drug-likeness (QED) is 0.729. The van der Waals surface area contributed by atoms with Crippen LogP contribution >= 0.6 is 0 Å². The van der Waals surface area contributed by atoms with E-state index in [1.165, 1.54) is 12.4 Å². The normalized spacial score (nSPS) is 10.4. The molecule has 0 aliphatic carbocycles. The van der Waals surface area contributed by atoms with Gasteiger partial charge < -0.3 is 15.1 Å². The molecule has 1 aromatic carbocycles. The van der Waals surface area contributed by atoms with Crippen LogP contribution in [-0.2, 0) is 13.1 Å². The van der Waals surface area contributed by atoms with E-state index in [1.54, 1.807) is 6.26 Å². The van der Waals surface area contributed by atoms with Crippen molar-refractivity contribution in [2.24, 2.45) is 0 Å². The van der Waals surface area contributed by atoms with E-state index in [2.05, 4.69) is 20.6 Å². The second kappa shape index (κ2) is 7.41. The smallest absolute Gasteiger partial charge is 0.271 e. The molecule has 6 nitrogen and oxygen atoms in total. The van der Waals surface area contributed by atoms with Crippen LogP contribution in [0.4, 0.5) is 5.82 Å². The number of hydrogen-bond donors (Lipinski definition) is 2. The molecule has 0 spiro atoms. The number of aromatic nitrogens is 2. The third kappa shape index (κ3) is 3.98. The Morgan fingerprint density at radius 1 is 1.08 bits per heavy atom. The van der Waals surface area contributed by atoms with Crippen molar-refractivity contribution in [1.82, 2.24) is 15.3 Å². The van der Waals surface area contributed by atoms with Gasteiger partial charge in [-0.2, -0.15) is 0 Å². The molecule has 0 aliphatic heterocycles. The minimum atomic E-state index is -0.247. The molecule has 0 radical (unpaired) electrons. The van der Waals surface area contributed by atoms with Gasteiger partial charge in [-0.15, -0.1) is 0 Å². The maximum absolute atomic E-state index is 12.1. The summed E-state index contributed by atoms with van der Waals surface area (Å²) in [7, 11) is 0. The minimum absolute atomic E-state index is 0.247. The number of nitrogens with zero attached hydrogens (tertiary/aromatic N) is 2. The molecule has 122 valence electrons. The topological polar surface area (TPSA) is 80.0 Å². The van der Waals surface area contributed by atoms with Crippen LogP contribution in [0, 0.1) is 6.92 Å². The van der Waals surface area contributed by atoms with Crippen molar-refractivity contribution in [3.63, 3.8) is 0 Å². The number of carbonyl (C=O) groups is 1. The van der Waals surface area contributed by atoms with E-state index in [0.717, 1.165) is 16.9 Å². The van der Waals surface area contributed by atoms with Crippen LogP contribution in [0.15, 0.2) is 59.5 Å². The predicted octanol–water partition coefficient (Wildman–Crippen LogP) is 2.92. The molecule has 0 saturated heterocycles. The number of hydrogen-bond acceptors (Lipinski definition) is 5. The van der Waals surface area contributed by atoms with Gasteiger partial charge in [0.2, 0.25) is 0 Å². The van der Waals surface area contributed by atoms with Gasteiger partial charge in [-0.1, -0.05) is 24.3 Å². The molecule has 0 fully saturated rings. The van der Waals surface area contributed by atoms with Gasteiger partial charge in [0.05, 0.1) is 25.2 Å². The van der Waals surface area contributed by atoms with Crippen LogP contribution in [0.25, 0.3) is 0 Å². The number of amides is 1. The van der Waals surface area contributed by atoms with Crippen molar-refractivity contribution in [2.45, 2.75) is 20.0 Å². The SMILES string of the molecule is Cc1ccccc1CNC(=O)c1cnc(NCc2ccco2)cn1. The van der Waals surface area contributed by atoms with E-state index in [1.807, 2.05) is 43.3 Å². The van der Waals surface area contributed by atoms with Crippen molar-refractivity contribution in [3.05, 3.63) is 77.6 Å². The Balaban J connectivity index is 1.54. The maximum Gasteiger partial charge on any atom is 0.271 e. The summed E-state index contributed by atoms with van der Waals surface area (Å²) in [4.78, 5) is 20.5. The third-order valence-corrected chi connectivity index (χ3v) is 3.61. The average Bonchev–Trinajstić information content (AvgIpc) is 3.13. The molecule has 2 aromatic heterocycles. The zero-order valence-electron chi connectivity index (χ0n) is 13.3. The summed E-state index contributed by atoms with van der Waals surface area (Å²) < 4.78 is 5.23. The first kappa shape index (κ1) is 15.7. The molecule has 3 aromatic rings. The Bertz CT molecular complexity index is 798. The molecule has 0 bridgehead atoms. The Morgan fingerprint density at radius 3 is 2.67 bits per heavy atom. The van der Waals surface area contributed by atoms with Gasteiger partial charge in [-0.05, 0) is 30.2 Å². The average molecular weight is 322 g/mol. The molecule has 2 N–H and O–H groups in total. The Morgan fingerprint density at radius 2 is 1.96 bits per heavy atom. The largest absolute Gasteiger partial charge is 0.467 e. The number of carbonyl (C=O) groups excluding carboxylic acids is 1. The van der Waals surface area contributed by atoms with E-state index in [0.29, 0.717) is 18.9 Å². The fraction of sp³-hybridized carbons (Fsp3) is 0.167. The molecule has 1 amide bonds. The van der Waals surface area contributed by atoms with Crippen molar-refractivity contribution < 1.29 is 9.21 Å². The van der Waals surface area contributed by atoms with Gasteiger partial charge >= 0.3 is 0 Å². The predicted molar refractivity (Wildman–Crippen MR) is 90.4 cm³/mol. The zero-order chi connectivity index (χ0) is 16.8. The number of nitrogens with one attached hydrogen (secondary N) is 2. The Labute approximate surface area is 140 Å². The molecule has 0 unspecified atom stereocenters. The van der Waals surface area contributed by atoms with Gasteiger partial charge in [-0.3, -0.25) is 4.79 Å². The monoisotopic (exact) mass is 322 g/mol. The summed E-state index contributed by atoms with van der Waals surface area (Å²) in [6.07, 6.45) is 4.61. The summed E-state index contributed by atoms with van der Waals surface area (Å²) in [6, 6.07) is 11.6. The fourth-order valence-corrected chi connectivity index (χ4v) is 2.20. The number of aryl methyl sites for hydroxylation is 1. The molecule has 0 aliphatic rings. The van der Waals surface area contributed by atoms with Crippen molar-refractivity contribution in [2.75, 3.05) is 5.32 Å². The van der Waals surface area contributed by atoms with Crippen molar-refractivity contribution >= 4 is 11.7 Å². The molecule has 24 heavy (non-hydrogen) atoms. The highest BCUT2D eigenvalue weighted by Gasteiger charge is 2.08. The molecule has 0 atom stereocenters. The van der Waals surface area contributed by atoms with E-state index in [9.17, 15) is 4.79 Å². The van der Waals surface area contributed by atoms with Crippen LogP contribution in [0.1, 0.15) is 27.4 Å². The zero-order valence-corrected chi connectivity index (χ0v) is 13.3. The van der Waals surface area contributed by atoms with Gasteiger partial charge in [0.15, 0.2) is 0 Å². The van der Waals surface area contributed by atoms with Gasteiger partial charge in [0.1, 0.15) is 17.3 Å². The first-order valence-electron chi connectivity index (χ1n) is 7.63. The highest BCUT2D eigenvalue weighted by atomic mass is 16.3. The summed E-state index contributed by atoms with van der Waals surface area (Å²) in [5.74, 6) is 1.14. The highest BCUT2D eigenvalue weighted by molar-refractivity contribution is 5.91. The second-order valence-corrected chi connectivity index (χ2v) is 5.33. The van der Waals surface area contributed by atoms with Crippen LogP contribution in [0.2, 0.25) is 0 Å². The maximum atomic E-state index is 12.1. The minimum Gasteiger partial charge on any atom is -0.467 e. The second-order valence-electron chi connectivity index (χ2n) is 5.33. The lowest BCUT2D eigenvalue weighted by molar-refractivity contribution is 0.0945. The van der Waals surface area contributed by atoms with Crippen molar-refractivity contribution in [1.29, 1.82) is 0 Å². The summed E-state index contributed by atoms with van der Waals surface area (Å²) in [6.45, 7) is 2.99. The van der Waals surface area contributed by atoms with Crippen LogP contribution < -0.4 is 10.6 Å². The number of anilines is 1. The van der Waals surface area contributed by atoms with Gasteiger partial charge in [0.25, 0.3) is 5.91 Å². The van der Waals surface area contributed by atoms with Gasteiger partial charge in [-0.25, -0.2) is 9.97 Å². The molecule has 0 saturated carbocycles. The first-order chi connectivity index (χ1) is 11.7. The molecular formula is C18H18N4O2. The van der Waals surface area contributed by atoms with Crippen molar-refractivity contribution in [3.8, 4) is 0 Å². The third-order valence-electron chi connectivity index (χ3n) is 3.61. The van der Waals surface area contributed by atoms with Crippen LogP contribution in [0.3, 0.4) is 0 Å². The standard InChI is InChI=1S/C18H18N4O2/c1-13-5-2-3-6-14(13)9-22-18(23)16-11-21-17(12-19-16)20-10-15-7-4-8-24-15/h2-8,11-12H,9-10H2,1H3,(H,20,21)(H,22,23). The number of benzene rings is 1. The lowest BCUT2D eigenvalue weighted by atomic mass is 10.1. The fourth-order valence-electron chi connectivity index (χ4n) is 2.20. The lowest BCUT2D eigenvalue weighted by Gasteiger charge is -2.08.